The highest BCUT2D eigenvalue weighted by Gasteiger charge is 2.30. The number of nitrogens with one attached hydrogen (secondary N) is 1. The van der Waals surface area contributed by atoms with E-state index in [-0.39, 0.29) is 49.0 Å². The number of nitrogens with zero attached hydrogens (tertiary/aromatic N) is 6. The zero-order valence-electron chi connectivity index (χ0n) is 29.5. The summed E-state index contributed by atoms with van der Waals surface area (Å²) in [6.45, 7) is 7.05. The van der Waals surface area contributed by atoms with E-state index in [0.717, 1.165) is 24.8 Å². The monoisotopic (exact) mass is 751 g/mol. The van der Waals surface area contributed by atoms with Gasteiger partial charge in [0.15, 0.2) is 6.10 Å². The topological polar surface area (TPSA) is 232 Å². The average Bonchev–Trinajstić information content (AvgIpc) is 3.46. The van der Waals surface area contributed by atoms with Gasteiger partial charge in [0.2, 0.25) is 16.6 Å². The molecule has 2 aromatic heterocycles. The third-order valence-electron chi connectivity index (χ3n) is 8.31. The average molecular weight is 752 g/mol. The smallest absolute Gasteiger partial charge is 0.308 e. The SMILES string of the molecule is CCCOc1ccc(S(=O)(=O)N2CCN(CCOC(=O)CCOC[C@H](C[N+](=O)[O-])O[N+](=O)[O-])CC2)cc1-c1nc2c(CCC)cn(CC)c2c(=O)[nH]1. The van der Waals surface area contributed by atoms with Crippen molar-refractivity contribution in [2.45, 2.75) is 64.0 Å². The Bertz CT molecular complexity index is 1860. The fraction of sp³-hybridized carbons (Fsp3) is 0.594. The highest BCUT2D eigenvalue weighted by atomic mass is 32.2. The lowest BCUT2D eigenvalue weighted by atomic mass is 10.1. The molecule has 0 amide bonds. The molecule has 0 saturated carbocycles. The van der Waals surface area contributed by atoms with E-state index in [1.165, 1.54) is 16.4 Å². The quantitative estimate of drug-likeness (QED) is 0.0712. The van der Waals surface area contributed by atoms with Gasteiger partial charge in [0.1, 0.15) is 23.7 Å². The molecule has 19 nitrogen and oxygen atoms in total. The molecule has 1 saturated heterocycles. The van der Waals surface area contributed by atoms with E-state index in [9.17, 15) is 38.2 Å². The number of aromatic nitrogens is 3. The lowest BCUT2D eigenvalue weighted by Gasteiger charge is -2.33. The van der Waals surface area contributed by atoms with Crippen molar-refractivity contribution in [1.29, 1.82) is 0 Å². The normalized spacial score (nSPS) is 14.7. The molecule has 1 aliphatic heterocycles. The number of aryl methyl sites for hydroxylation is 2. The number of hydrogen-bond donors (Lipinski definition) is 1. The van der Waals surface area contributed by atoms with Gasteiger partial charge in [-0.25, -0.2) is 13.4 Å². The van der Waals surface area contributed by atoms with Gasteiger partial charge < -0.3 is 28.6 Å². The highest BCUT2D eigenvalue weighted by molar-refractivity contribution is 7.89. The van der Waals surface area contributed by atoms with Crippen molar-refractivity contribution in [3.63, 3.8) is 0 Å². The van der Waals surface area contributed by atoms with E-state index in [2.05, 4.69) is 9.82 Å². The molecule has 1 atom stereocenters. The van der Waals surface area contributed by atoms with Crippen molar-refractivity contribution in [3.8, 4) is 17.1 Å². The zero-order valence-corrected chi connectivity index (χ0v) is 30.3. The maximum absolute atomic E-state index is 13.9. The number of hydrogen-bond acceptors (Lipinski definition) is 14. The predicted octanol–water partition coefficient (Wildman–Crippen LogP) is 2.26. The van der Waals surface area contributed by atoms with Crippen LogP contribution in [0.15, 0.2) is 34.1 Å². The number of carbonyl (C=O) groups is 1. The molecule has 52 heavy (non-hydrogen) atoms. The van der Waals surface area contributed by atoms with E-state index in [1.807, 2.05) is 36.4 Å². The summed E-state index contributed by atoms with van der Waals surface area (Å²) < 4.78 is 47.2. The highest BCUT2D eigenvalue weighted by Crippen LogP contribution is 2.33. The molecule has 3 aromatic rings. The molecule has 1 aromatic carbocycles. The van der Waals surface area contributed by atoms with E-state index in [0.29, 0.717) is 55.1 Å². The van der Waals surface area contributed by atoms with Crippen molar-refractivity contribution in [3.05, 3.63) is 60.5 Å². The van der Waals surface area contributed by atoms with Gasteiger partial charge in [0.05, 0.1) is 42.2 Å². The van der Waals surface area contributed by atoms with Crippen LogP contribution < -0.4 is 10.3 Å². The molecule has 1 fully saturated rings. The van der Waals surface area contributed by atoms with Crippen LogP contribution in [0.4, 0.5) is 0 Å². The Labute approximate surface area is 300 Å². The second-order valence-corrected chi connectivity index (χ2v) is 14.0. The molecule has 3 heterocycles. The van der Waals surface area contributed by atoms with Crippen molar-refractivity contribution in [1.82, 2.24) is 23.7 Å². The first-order valence-electron chi connectivity index (χ1n) is 17.2. The first-order chi connectivity index (χ1) is 24.9. The minimum atomic E-state index is -3.94. The summed E-state index contributed by atoms with van der Waals surface area (Å²) in [5.74, 6) is 0.0358. The molecular weight excluding hydrogens is 706 g/mol. The number of esters is 1. The molecule has 1 N–H and O–H groups in total. The summed E-state index contributed by atoms with van der Waals surface area (Å²) in [6.07, 6.45) is 2.68. The molecule has 4 rings (SSSR count). The van der Waals surface area contributed by atoms with Gasteiger partial charge >= 0.3 is 5.97 Å². The Morgan fingerprint density at radius 3 is 2.46 bits per heavy atom. The second kappa shape index (κ2) is 18.7. The van der Waals surface area contributed by atoms with E-state index in [4.69, 9.17) is 19.2 Å². The number of carbonyl (C=O) groups excluding carboxylic acids is 1. The lowest BCUT2D eigenvalue weighted by molar-refractivity contribution is -0.774. The van der Waals surface area contributed by atoms with Gasteiger partial charge in [-0.2, -0.15) is 4.31 Å². The van der Waals surface area contributed by atoms with Crippen LogP contribution in [0, 0.1) is 20.2 Å². The Kier molecular flexibility index (Phi) is 14.4. The Balaban J connectivity index is 1.36. The van der Waals surface area contributed by atoms with Crippen LogP contribution in [0.2, 0.25) is 0 Å². The van der Waals surface area contributed by atoms with Crippen LogP contribution in [-0.2, 0) is 42.1 Å². The fourth-order valence-corrected chi connectivity index (χ4v) is 7.22. The Morgan fingerprint density at radius 2 is 1.81 bits per heavy atom. The summed E-state index contributed by atoms with van der Waals surface area (Å²) in [7, 11) is -3.94. The van der Waals surface area contributed by atoms with Crippen LogP contribution in [-0.4, -0.2) is 120 Å². The van der Waals surface area contributed by atoms with Gasteiger partial charge in [0, 0.05) is 50.4 Å². The summed E-state index contributed by atoms with van der Waals surface area (Å²) in [5, 5.41) is 19.9. The third-order valence-corrected chi connectivity index (χ3v) is 10.2. The minimum absolute atomic E-state index is 0.0354. The Hall–Kier alpha value is -4.66. The minimum Gasteiger partial charge on any atom is -0.493 e. The standard InChI is InChI=1S/C32H45N7O12S/c1-4-7-23-20-36(6-3)30-29(23)33-31(34-32(30)41)26-19-25(8-9-27(26)49-16-5-2)52(46,47)37-13-11-35(12-14-37)15-18-50-28(40)10-17-48-22-24(21-38(42)43)51-39(44)45/h8-9,19-20,24H,4-7,10-18,21-22H2,1-3H3,(H,33,34,41)/t24-/m0/s1. The first kappa shape index (κ1) is 40.1. The number of nitro groups is 1. The number of benzene rings is 1. The number of rotatable bonds is 21. The zero-order chi connectivity index (χ0) is 37.8. The van der Waals surface area contributed by atoms with Crippen molar-refractivity contribution in [2.24, 2.45) is 0 Å². The van der Waals surface area contributed by atoms with Crippen LogP contribution in [0.5, 0.6) is 5.75 Å². The third kappa shape index (κ3) is 10.5. The van der Waals surface area contributed by atoms with Gasteiger partial charge in [-0.05, 0) is 43.5 Å². The molecule has 0 bridgehead atoms. The van der Waals surface area contributed by atoms with Gasteiger partial charge in [-0.15, -0.1) is 10.1 Å². The number of piperazine rings is 1. The predicted molar refractivity (Wildman–Crippen MR) is 187 cm³/mol. The molecule has 286 valence electrons. The molecule has 0 radical (unpaired) electrons. The summed E-state index contributed by atoms with van der Waals surface area (Å²) in [6, 6.07) is 4.57. The molecule has 20 heteroatoms. The van der Waals surface area contributed by atoms with Crippen LogP contribution in [0.25, 0.3) is 22.4 Å². The number of aromatic amines is 1. The molecule has 0 spiro atoms. The van der Waals surface area contributed by atoms with Crippen LogP contribution in [0.1, 0.15) is 45.6 Å². The van der Waals surface area contributed by atoms with Crippen molar-refractivity contribution in [2.75, 3.05) is 65.7 Å². The van der Waals surface area contributed by atoms with Crippen molar-refractivity contribution >= 4 is 27.0 Å². The molecule has 1 aliphatic rings. The van der Waals surface area contributed by atoms with E-state index >= 15 is 0 Å². The van der Waals surface area contributed by atoms with Gasteiger partial charge in [-0.3, -0.25) is 24.6 Å². The van der Waals surface area contributed by atoms with Crippen LogP contribution >= 0.6 is 0 Å². The summed E-state index contributed by atoms with van der Waals surface area (Å²) >= 11 is 0. The Morgan fingerprint density at radius 1 is 1.06 bits per heavy atom. The first-order valence-corrected chi connectivity index (χ1v) is 18.6. The lowest BCUT2D eigenvalue weighted by Crippen LogP contribution is -2.49. The number of sulfonamides is 1. The maximum Gasteiger partial charge on any atom is 0.308 e. The molecule has 0 unspecified atom stereocenters. The fourth-order valence-electron chi connectivity index (χ4n) is 5.77. The maximum atomic E-state index is 13.9. The molecular formula is C32H45N7O12S. The largest absolute Gasteiger partial charge is 0.493 e. The van der Waals surface area contributed by atoms with E-state index < -0.39 is 45.3 Å². The van der Waals surface area contributed by atoms with Crippen molar-refractivity contribution < 1.29 is 42.3 Å². The van der Waals surface area contributed by atoms with Gasteiger partial charge in [0.25, 0.3) is 10.6 Å². The number of ether oxygens (including phenoxy) is 3. The number of fused-ring (bicyclic) bond motifs is 1. The van der Waals surface area contributed by atoms with Crippen LogP contribution in [0.3, 0.4) is 0 Å². The van der Waals surface area contributed by atoms with E-state index in [1.54, 1.807) is 6.07 Å². The van der Waals surface area contributed by atoms with Gasteiger partial charge in [-0.1, -0.05) is 20.3 Å². The summed E-state index contributed by atoms with van der Waals surface area (Å²) in [4.78, 5) is 59.6. The molecule has 0 aliphatic carbocycles. The summed E-state index contributed by atoms with van der Waals surface area (Å²) in [5.41, 5.74) is 2.04. The second-order valence-electron chi connectivity index (χ2n) is 12.1. The number of H-pyrrole nitrogens is 1.